The predicted octanol–water partition coefficient (Wildman–Crippen LogP) is 3.28. The van der Waals surface area contributed by atoms with E-state index in [1.807, 2.05) is 6.20 Å². The molecule has 1 aromatic heterocycles. The molecule has 1 aromatic rings. The number of piperidine rings is 1. The van der Waals surface area contributed by atoms with E-state index in [2.05, 4.69) is 48.1 Å². The molecule has 1 N–H and O–H groups in total. The van der Waals surface area contributed by atoms with Crippen LogP contribution >= 0.6 is 0 Å². The van der Waals surface area contributed by atoms with Crippen LogP contribution in [0.15, 0.2) is 18.3 Å². The van der Waals surface area contributed by atoms with Gasteiger partial charge in [-0.3, -0.25) is 0 Å². The summed E-state index contributed by atoms with van der Waals surface area (Å²) in [6.45, 7) is 7.64. The molecule has 1 aliphatic rings. The van der Waals surface area contributed by atoms with Crippen molar-refractivity contribution in [3.63, 3.8) is 0 Å². The summed E-state index contributed by atoms with van der Waals surface area (Å²) in [6.07, 6.45) is 5.84. The van der Waals surface area contributed by atoms with Gasteiger partial charge in [-0.05, 0) is 52.2 Å². The van der Waals surface area contributed by atoms with Gasteiger partial charge in [0.25, 0.3) is 0 Å². The summed E-state index contributed by atoms with van der Waals surface area (Å²) in [5.41, 5.74) is 1.11. The van der Waals surface area contributed by atoms with Gasteiger partial charge >= 0.3 is 0 Å². The number of hydrogen-bond acceptors (Lipinski definition) is 3. The van der Waals surface area contributed by atoms with E-state index >= 15 is 0 Å². The van der Waals surface area contributed by atoms with Crippen molar-refractivity contribution in [3.8, 4) is 0 Å². The van der Waals surface area contributed by atoms with Crippen molar-refractivity contribution < 1.29 is 0 Å². The van der Waals surface area contributed by atoms with Crippen molar-refractivity contribution in [3.05, 3.63) is 18.3 Å². The van der Waals surface area contributed by atoms with Crippen LogP contribution < -0.4 is 10.2 Å². The molecule has 2 atom stereocenters. The highest BCUT2D eigenvalue weighted by Gasteiger charge is 2.25. The average Bonchev–Trinajstić information content (AvgIpc) is 2.31. The molecule has 1 fully saturated rings. The molecule has 0 saturated carbocycles. The van der Waals surface area contributed by atoms with Crippen molar-refractivity contribution in [2.24, 2.45) is 0 Å². The van der Waals surface area contributed by atoms with Gasteiger partial charge in [0.15, 0.2) is 0 Å². The normalized spacial score (nSPS) is 24.8. The summed E-state index contributed by atoms with van der Waals surface area (Å²) in [4.78, 5) is 7.04. The lowest BCUT2D eigenvalue weighted by Crippen LogP contribution is -2.44. The molecular weight excluding hydrogens is 210 g/mol. The minimum atomic E-state index is 0.608. The fourth-order valence-electron chi connectivity index (χ4n) is 2.72. The zero-order valence-electron chi connectivity index (χ0n) is 11.1. The predicted molar refractivity (Wildman–Crippen MR) is 73.7 cm³/mol. The second kappa shape index (κ2) is 5.39. The third-order valence-corrected chi connectivity index (χ3v) is 3.59. The molecule has 1 aliphatic heterocycles. The van der Waals surface area contributed by atoms with Gasteiger partial charge in [-0.1, -0.05) is 0 Å². The molecule has 0 spiro atoms. The number of anilines is 2. The second-order valence-electron chi connectivity index (χ2n) is 4.97. The monoisotopic (exact) mass is 233 g/mol. The first-order valence-electron chi connectivity index (χ1n) is 6.70. The third kappa shape index (κ3) is 2.71. The lowest BCUT2D eigenvalue weighted by Gasteiger charge is -2.40. The largest absolute Gasteiger partial charge is 0.384 e. The second-order valence-corrected chi connectivity index (χ2v) is 4.97. The number of nitrogens with one attached hydrogen (secondary N) is 1. The van der Waals surface area contributed by atoms with Crippen LogP contribution in [0.5, 0.6) is 0 Å². The van der Waals surface area contributed by atoms with Crippen molar-refractivity contribution in [1.82, 2.24) is 4.98 Å². The number of hydrogen-bond donors (Lipinski definition) is 1. The van der Waals surface area contributed by atoms with E-state index in [1.165, 1.54) is 19.3 Å². The Labute approximate surface area is 104 Å². The Kier molecular flexibility index (Phi) is 3.87. The van der Waals surface area contributed by atoms with Gasteiger partial charge in [0.1, 0.15) is 5.82 Å². The summed E-state index contributed by atoms with van der Waals surface area (Å²) in [5, 5.41) is 3.28. The zero-order valence-corrected chi connectivity index (χ0v) is 11.1. The summed E-state index contributed by atoms with van der Waals surface area (Å²) in [7, 11) is 0. The first-order valence-corrected chi connectivity index (χ1v) is 6.70. The smallest absolute Gasteiger partial charge is 0.129 e. The maximum absolute atomic E-state index is 4.59. The first kappa shape index (κ1) is 12.2. The Bertz CT molecular complexity index is 337. The van der Waals surface area contributed by atoms with Gasteiger partial charge < -0.3 is 10.2 Å². The van der Waals surface area contributed by atoms with E-state index in [1.54, 1.807) is 0 Å². The highest BCUT2D eigenvalue weighted by Crippen LogP contribution is 2.27. The highest BCUT2D eigenvalue weighted by atomic mass is 15.2. The Balaban J connectivity index is 2.14. The molecular formula is C14H23N3. The van der Waals surface area contributed by atoms with Crippen LogP contribution in [0.4, 0.5) is 11.5 Å². The third-order valence-electron chi connectivity index (χ3n) is 3.59. The Morgan fingerprint density at radius 2 is 2.00 bits per heavy atom. The van der Waals surface area contributed by atoms with Crippen LogP contribution in [0.2, 0.25) is 0 Å². The first-order chi connectivity index (χ1) is 8.22. The molecule has 2 heterocycles. The van der Waals surface area contributed by atoms with Crippen molar-refractivity contribution >= 4 is 11.5 Å². The molecule has 94 valence electrons. The lowest BCUT2D eigenvalue weighted by molar-refractivity contribution is 0.411. The van der Waals surface area contributed by atoms with Gasteiger partial charge in [-0.25, -0.2) is 4.98 Å². The van der Waals surface area contributed by atoms with E-state index < -0.39 is 0 Å². The topological polar surface area (TPSA) is 28.2 Å². The summed E-state index contributed by atoms with van der Waals surface area (Å²) in [6, 6.07) is 5.48. The van der Waals surface area contributed by atoms with Crippen molar-refractivity contribution in [2.75, 3.05) is 16.8 Å². The Morgan fingerprint density at radius 1 is 1.29 bits per heavy atom. The SMILES string of the molecule is CCNc1ccc(N2C(C)CCCC2C)nc1. The average molecular weight is 233 g/mol. The fraction of sp³-hybridized carbons (Fsp3) is 0.643. The molecule has 1 saturated heterocycles. The summed E-state index contributed by atoms with van der Waals surface area (Å²) < 4.78 is 0. The molecule has 0 bridgehead atoms. The van der Waals surface area contributed by atoms with Gasteiger partial charge in [0, 0.05) is 18.6 Å². The fourth-order valence-corrected chi connectivity index (χ4v) is 2.72. The van der Waals surface area contributed by atoms with E-state index in [-0.39, 0.29) is 0 Å². The molecule has 3 heteroatoms. The number of aromatic nitrogens is 1. The van der Waals surface area contributed by atoms with Gasteiger partial charge in [0.2, 0.25) is 0 Å². The number of pyridine rings is 1. The molecule has 3 nitrogen and oxygen atoms in total. The molecule has 0 amide bonds. The van der Waals surface area contributed by atoms with Gasteiger partial charge in [0.05, 0.1) is 11.9 Å². The van der Waals surface area contributed by atoms with E-state index in [4.69, 9.17) is 0 Å². The Hall–Kier alpha value is -1.25. The van der Waals surface area contributed by atoms with Crippen LogP contribution in [0.25, 0.3) is 0 Å². The van der Waals surface area contributed by atoms with Crippen molar-refractivity contribution in [2.45, 2.75) is 52.1 Å². The maximum atomic E-state index is 4.59. The quantitative estimate of drug-likeness (QED) is 0.868. The maximum Gasteiger partial charge on any atom is 0.129 e. The van der Waals surface area contributed by atoms with E-state index in [9.17, 15) is 0 Å². The van der Waals surface area contributed by atoms with Crippen molar-refractivity contribution in [1.29, 1.82) is 0 Å². The molecule has 0 aromatic carbocycles. The standard InChI is InChI=1S/C14H23N3/c1-4-15-13-8-9-14(16-10-13)17-11(2)6-5-7-12(17)3/h8-12,15H,4-7H2,1-3H3. The van der Waals surface area contributed by atoms with Crippen LogP contribution in [-0.4, -0.2) is 23.6 Å². The minimum Gasteiger partial charge on any atom is -0.384 e. The van der Waals surface area contributed by atoms with Crippen LogP contribution in [0.1, 0.15) is 40.0 Å². The van der Waals surface area contributed by atoms with Gasteiger partial charge in [-0.15, -0.1) is 0 Å². The molecule has 2 unspecified atom stereocenters. The molecule has 0 radical (unpaired) electrons. The lowest BCUT2D eigenvalue weighted by atomic mass is 9.97. The van der Waals surface area contributed by atoms with Crippen LogP contribution in [0, 0.1) is 0 Å². The molecule has 2 rings (SSSR count). The summed E-state index contributed by atoms with van der Waals surface area (Å²) in [5.74, 6) is 1.12. The van der Waals surface area contributed by atoms with E-state index in [0.717, 1.165) is 18.1 Å². The molecule has 0 aliphatic carbocycles. The zero-order chi connectivity index (χ0) is 12.3. The highest BCUT2D eigenvalue weighted by molar-refractivity contribution is 5.49. The Morgan fingerprint density at radius 3 is 2.53 bits per heavy atom. The molecule has 17 heavy (non-hydrogen) atoms. The summed E-state index contributed by atoms with van der Waals surface area (Å²) >= 11 is 0. The minimum absolute atomic E-state index is 0.608. The number of rotatable bonds is 3. The van der Waals surface area contributed by atoms with Crippen LogP contribution in [-0.2, 0) is 0 Å². The van der Waals surface area contributed by atoms with E-state index in [0.29, 0.717) is 12.1 Å². The number of nitrogens with zero attached hydrogens (tertiary/aromatic N) is 2. The van der Waals surface area contributed by atoms with Crippen LogP contribution in [0.3, 0.4) is 0 Å². The van der Waals surface area contributed by atoms with Gasteiger partial charge in [-0.2, -0.15) is 0 Å².